The van der Waals surface area contributed by atoms with Gasteiger partial charge < -0.3 is 5.32 Å². The van der Waals surface area contributed by atoms with E-state index >= 15 is 0 Å². The Morgan fingerprint density at radius 2 is 1.84 bits per heavy atom. The van der Waals surface area contributed by atoms with Crippen LogP contribution < -0.4 is 5.32 Å². The molecular formula is C17H25NS. The molecule has 2 atom stereocenters. The van der Waals surface area contributed by atoms with Gasteiger partial charge in [-0.1, -0.05) is 43.9 Å². The third-order valence-corrected chi connectivity index (χ3v) is 6.23. The first-order valence-electron chi connectivity index (χ1n) is 7.80. The van der Waals surface area contributed by atoms with Crippen molar-refractivity contribution < 1.29 is 0 Å². The van der Waals surface area contributed by atoms with Crippen molar-refractivity contribution >= 4 is 11.8 Å². The van der Waals surface area contributed by atoms with Gasteiger partial charge in [0.25, 0.3) is 0 Å². The van der Waals surface area contributed by atoms with Crippen LogP contribution in [0.5, 0.6) is 0 Å². The highest BCUT2D eigenvalue weighted by molar-refractivity contribution is 8.00. The number of fused-ring (bicyclic) bond motifs is 1. The van der Waals surface area contributed by atoms with Crippen LogP contribution in [0.1, 0.15) is 44.1 Å². The fourth-order valence-corrected chi connectivity index (χ4v) is 5.36. The zero-order valence-corrected chi connectivity index (χ0v) is 12.7. The van der Waals surface area contributed by atoms with Crippen molar-refractivity contribution in [2.75, 3.05) is 7.05 Å². The van der Waals surface area contributed by atoms with Gasteiger partial charge in [-0.25, -0.2) is 0 Å². The molecule has 0 radical (unpaired) electrons. The smallest absolute Gasteiger partial charge is 0.0291 e. The first-order chi connectivity index (χ1) is 9.38. The molecule has 3 rings (SSSR count). The Balaban J connectivity index is 1.70. The first kappa shape index (κ1) is 13.5. The van der Waals surface area contributed by atoms with Crippen molar-refractivity contribution in [3.63, 3.8) is 0 Å². The van der Waals surface area contributed by atoms with Gasteiger partial charge in [-0.2, -0.15) is 0 Å². The van der Waals surface area contributed by atoms with Gasteiger partial charge in [-0.3, -0.25) is 0 Å². The lowest BCUT2D eigenvalue weighted by molar-refractivity contribution is 0.327. The summed E-state index contributed by atoms with van der Waals surface area (Å²) in [6.45, 7) is 0. The summed E-state index contributed by atoms with van der Waals surface area (Å²) in [7, 11) is 2.17. The molecule has 1 aliphatic heterocycles. The zero-order chi connectivity index (χ0) is 13.1. The van der Waals surface area contributed by atoms with E-state index in [0.717, 1.165) is 11.2 Å². The second-order valence-electron chi connectivity index (χ2n) is 6.03. The van der Waals surface area contributed by atoms with Crippen molar-refractivity contribution in [3.8, 4) is 0 Å². The van der Waals surface area contributed by atoms with Crippen LogP contribution in [-0.2, 0) is 6.42 Å². The van der Waals surface area contributed by atoms with E-state index in [1.165, 1.54) is 49.8 Å². The van der Waals surface area contributed by atoms with E-state index in [9.17, 15) is 0 Å². The van der Waals surface area contributed by atoms with Gasteiger partial charge in [0, 0.05) is 16.2 Å². The molecule has 0 saturated heterocycles. The summed E-state index contributed by atoms with van der Waals surface area (Å²) >= 11 is 2.11. The van der Waals surface area contributed by atoms with Crippen LogP contribution >= 0.6 is 11.8 Å². The number of benzene rings is 1. The fourth-order valence-electron chi connectivity index (χ4n) is 3.80. The summed E-state index contributed by atoms with van der Waals surface area (Å²) in [6, 6.07) is 9.65. The lowest BCUT2D eigenvalue weighted by Gasteiger charge is -2.30. The van der Waals surface area contributed by atoms with E-state index in [2.05, 4.69) is 48.4 Å². The molecule has 2 heteroatoms. The van der Waals surface area contributed by atoms with Crippen LogP contribution in [0.4, 0.5) is 0 Å². The Morgan fingerprint density at radius 1 is 1.11 bits per heavy atom. The van der Waals surface area contributed by atoms with Gasteiger partial charge in [0.05, 0.1) is 0 Å². The Morgan fingerprint density at radius 3 is 2.53 bits per heavy atom. The number of nitrogens with one attached hydrogen (secondary N) is 1. The third-order valence-electron chi connectivity index (χ3n) is 4.81. The summed E-state index contributed by atoms with van der Waals surface area (Å²) in [5, 5.41) is 4.40. The molecule has 1 aliphatic carbocycles. The maximum atomic E-state index is 3.66. The highest BCUT2D eigenvalue weighted by atomic mass is 32.2. The zero-order valence-electron chi connectivity index (χ0n) is 11.9. The molecule has 104 valence electrons. The van der Waals surface area contributed by atoms with Crippen molar-refractivity contribution in [2.45, 2.75) is 61.1 Å². The molecule has 0 amide bonds. The minimum Gasteiger partial charge on any atom is -0.316 e. The van der Waals surface area contributed by atoms with E-state index in [-0.39, 0.29) is 0 Å². The molecule has 0 bridgehead atoms. The van der Waals surface area contributed by atoms with E-state index in [1.807, 2.05) is 0 Å². The molecule has 2 unspecified atom stereocenters. The first-order valence-corrected chi connectivity index (χ1v) is 8.68. The molecule has 1 nitrogen and oxygen atoms in total. The summed E-state index contributed by atoms with van der Waals surface area (Å²) < 4.78 is 0. The molecule has 1 heterocycles. The van der Waals surface area contributed by atoms with Gasteiger partial charge >= 0.3 is 0 Å². The maximum absolute atomic E-state index is 3.66. The standard InChI is InChI=1S/C17H25NS/c1-18-17(13-8-4-2-3-5-9-13)16-12-14-10-6-7-11-15(14)19-16/h6-7,10-11,13,16-18H,2-5,8-9,12H2,1H3. The fraction of sp³-hybridized carbons (Fsp3) is 0.647. The van der Waals surface area contributed by atoms with Crippen molar-refractivity contribution in [1.29, 1.82) is 0 Å². The Hall–Kier alpha value is -0.470. The maximum Gasteiger partial charge on any atom is 0.0291 e. The molecule has 2 aliphatic rings. The molecular weight excluding hydrogens is 250 g/mol. The monoisotopic (exact) mass is 275 g/mol. The SMILES string of the molecule is CNC(C1CCCCCC1)C1Cc2ccccc2S1. The van der Waals surface area contributed by atoms with Crippen molar-refractivity contribution in [3.05, 3.63) is 29.8 Å². The molecule has 1 N–H and O–H groups in total. The average molecular weight is 275 g/mol. The second-order valence-corrected chi connectivity index (χ2v) is 7.32. The molecule has 0 aromatic heterocycles. The minimum atomic E-state index is 0.690. The van der Waals surface area contributed by atoms with E-state index in [1.54, 1.807) is 5.56 Å². The molecule has 1 aromatic carbocycles. The normalized spacial score (nSPS) is 25.8. The number of thioether (sulfide) groups is 1. The minimum absolute atomic E-state index is 0.690. The van der Waals surface area contributed by atoms with Gasteiger partial charge in [-0.05, 0) is 43.9 Å². The quantitative estimate of drug-likeness (QED) is 0.827. The topological polar surface area (TPSA) is 12.0 Å². The van der Waals surface area contributed by atoms with Crippen molar-refractivity contribution in [2.24, 2.45) is 5.92 Å². The number of rotatable bonds is 3. The summed E-state index contributed by atoms with van der Waals surface area (Å²) in [5.41, 5.74) is 1.56. The summed E-state index contributed by atoms with van der Waals surface area (Å²) in [6.07, 6.45) is 9.89. The predicted molar refractivity (Wildman–Crippen MR) is 83.8 cm³/mol. The highest BCUT2D eigenvalue weighted by Gasteiger charge is 2.33. The van der Waals surface area contributed by atoms with Gasteiger partial charge in [0.15, 0.2) is 0 Å². The average Bonchev–Trinajstić information content (AvgIpc) is 2.67. The number of hydrogen-bond donors (Lipinski definition) is 1. The van der Waals surface area contributed by atoms with Crippen LogP contribution in [-0.4, -0.2) is 18.3 Å². The molecule has 1 saturated carbocycles. The van der Waals surface area contributed by atoms with E-state index in [0.29, 0.717) is 6.04 Å². The second kappa shape index (κ2) is 6.32. The Bertz CT molecular complexity index is 384. The Kier molecular flexibility index (Phi) is 4.49. The predicted octanol–water partition coefficient (Wildman–Crippen LogP) is 4.26. The van der Waals surface area contributed by atoms with Crippen LogP contribution in [0.15, 0.2) is 29.2 Å². The third kappa shape index (κ3) is 3.00. The van der Waals surface area contributed by atoms with Crippen LogP contribution in [0.2, 0.25) is 0 Å². The molecule has 1 fully saturated rings. The van der Waals surface area contributed by atoms with Crippen molar-refractivity contribution in [1.82, 2.24) is 5.32 Å². The van der Waals surface area contributed by atoms with Crippen LogP contribution in [0.25, 0.3) is 0 Å². The van der Waals surface area contributed by atoms with Gasteiger partial charge in [0.1, 0.15) is 0 Å². The summed E-state index contributed by atoms with van der Waals surface area (Å²) in [5.74, 6) is 0.888. The van der Waals surface area contributed by atoms with Gasteiger partial charge in [0.2, 0.25) is 0 Å². The molecule has 0 spiro atoms. The molecule has 19 heavy (non-hydrogen) atoms. The van der Waals surface area contributed by atoms with Crippen LogP contribution in [0, 0.1) is 5.92 Å². The summed E-state index contributed by atoms with van der Waals surface area (Å²) in [4.78, 5) is 1.52. The largest absolute Gasteiger partial charge is 0.316 e. The van der Waals surface area contributed by atoms with E-state index < -0.39 is 0 Å². The van der Waals surface area contributed by atoms with E-state index in [4.69, 9.17) is 0 Å². The Labute approximate surface area is 121 Å². The molecule has 1 aromatic rings. The lowest BCUT2D eigenvalue weighted by atomic mass is 9.88. The highest BCUT2D eigenvalue weighted by Crippen LogP contribution is 2.41. The number of hydrogen-bond acceptors (Lipinski definition) is 2. The lowest BCUT2D eigenvalue weighted by Crippen LogP contribution is -2.42. The van der Waals surface area contributed by atoms with Crippen LogP contribution in [0.3, 0.4) is 0 Å². The van der Waals surface area contributed by atoms with Gasteiger partial charge in [-0.15, -0.1) is 11.8 Å².